The first-order valence-electron chi connectivity index (χ1n) is 6.95. The van der Waals surface area contributed by atoms with Gasteiger partial charge in [0.25, 0.3) is 0 Å². The van der Waals surface area contributed by atoms with Gasteiger partial charge in [0.1, 0.15) is 0 Å². The third-order valence-electron chi connectivity index (χ3n) is 2.85. The maximum atomic E-state index is 12.1. The summed E-state index contributed by atoms with van der Waals surface area (Å²) >= 11 is 0. The van der Waals surface area contributed by atoms with Gasteiger partial charge >= 0.3 is 6.03 Å². The summed E-state index contributed by atoms with van der Waals surface area (Å²) in [4.78, 5) is 22.7. The molecule has 122 valence electrons. The van der Waals surface area contributed by atoms with Crippen LogP contribution in [-0.2, 0) is 21.3 Å². The number of benzene rings is 1. The highest BCUT2D eigenvalue weighted by molar-refractivity contribution is 7.85. The second-order valence-corrected chi connectivity index (χ2v) is 7.99. The SMILES string of the molecule is CNC(=O)CNC(=O)Nc1cccc(CS(=O)C(C)(C)C)c1. The highest BCUT2D eigenvalue weighted by Crippen LogP contribution is 2.18. The summed E-state index contributed by atoms with van der Waals surface area (Å²) in [6.45, 7) is 5.70. The number of likely N-dealkylation sites (N-methyl/N-ethyl adjacent to an activating group) is 1. The van der Waals surface area contributed by atoms with E-state index >= 15 is 0 Å². The Balaban J connectivity index is 2.63. The summed E-state index contributed by atoms with van der Waals surface area (Å²) in [5, 5.41) is 7.50. The Bertz CT molecular complexity index is 567. The summed E-state index contributed by atoms with van der Waals surface area (Å²) in [5.74, 6) is 0.156. The van der Waals surface area contributed by atoms with E-state index < -0.39 is 16.8 Å². The third kappa shape index (κ3) is 6.26. The number of nitrogens with one attached hydrogen (secondary N) is 3. The first-order valence-corrected chi connectivity index (χ1v) is 8.27. The van der Waals surface area contributed by atoms with Crippen molar-refractivity contribution in [1.29, 1.82) is 0 Å². The monoisotopic (exact) mass is 325 g/mol. The van der Waals surface area contributed by atoms with Crippen molar-refractivity contribution in [2.75, 3.05) is 18.9 Å². The third-order valence-corrected chi connectivity index (χ3v) is 4.82. The Morgan fingerprint density at radius 1 is 1.23 bits per heavy atom. The summed E-state index contributed by atoms with van der Waals surface area (Å²) in [6, 6.07) is 6.73. The van der Waals surface area contributed by atoms with Crippen LogP contribution in [0, 0.1) is 0 Å². The number of carbonyl (C=O) groups is 2. The second kappa shape index (κ2) is 7.93. The molecule has 0 aliphatic rings. The molecule has 0 saturated heterocycles. The first-order chi connectivity index (χ1) is 10.2. The number of anilines is 1. The highest BCUT2D eigenvalue weighted by atomic mass is 32.2. The molecule has 0 heterocycles. The summed E-state index contributed by atoms with van der Waals surface area (Å²) in [5.41, 5.74) is 1.48. The average Bonchev–Trinajstić information content (AvgIpc) is 2.44. The molecule has 6 nitrogen and oxygen atoms in total. The fraction of sp³-hybridized carbons (Fsp3) is 0.467. The molecule has 1 atom stereocenters. The van der Waals surface area contributed by atoms with Gasteiger partial charge in [-0.25, -0.2) is 4.79 Å². The maximum Gasteiger partial charge on any atom is 0.319 e. The molecule has 0 bridgehead atoms. The van der Waals surface area contributed by atoms with E-state index in [1.807, 2.05) is 26.8 Å². The van der Waals surface area contributed by atoms with Crippen molar-refractivity contribution in [3.8, 4) is 0 Å². The lowest BCUT2D eigenvalue weighted by Crippen LogP contribution is -2.37. The molecule has 0 spiro atoms. The van der Waals surface area contributed by atoms with Crippen LogP contribution >= 0.6 is 0 Å². The molecule has 7 heteroatoms. The Hall–Kier alpha value is -1.89. The van der Waals surface area contributed by atoms with Gasteiger partial charge in [0.2, 0.25) is 5.91 Å². The normalized spacial score (nSPS) is 12.4. The van der Waals surface area contributed by atoms with Crippen molar-refractivity contribution < 1.29 is 13.8 Å². The van der Waals surface area contributed by atoms with Gasteiger partial charge < -0.3 is 16.0 Å². The zero-order valence-electron chi connectivity index (χ0n) is 13.4. The van der Waals surface area contributed by atoms with Crippen LogP contribution in [0.25, 0.3) is 0 Å². The highest BCUT2D eigenvalue weighted by Gasteiger charge is 2.19. The van der Waals surface area contributed by atoms with Crippen molar-refractivity contribution in [3.63, 3.8) is 0 Å². The fourth-order valence-corrected chi connectivity index (χ4v) is 2.45. The Morgan fingerprint density at radius 3 is 2.50 bits per heavy atom. The number of hydrogen-bond acceptors (Lipinski definition) is 3. The molecule has 0 aliphatic heterocycles. The van der Waals surface area contributed by atoms with Gasteiger partial charge in [-0.05, 0) is 38.5 Å². The molecular weight excluding hydrogens is 302 g/mol. The van der Waals surface area contributed by atoms with Crippen molar-refractivity contribution in [1.82, 2.24) is 10.6 Å². The molecule has 3 amide bonds. The molecule has 0 saturated carbocycles. The van der Waals surface area contributed by atoms with Crippen molar-refractivity contribution in [3.05, 3.63) is 29.8 Å². The minimum atomic E-state index is -1.00. The first kappa shape index (κ1) is 18.2. The number of hydrogen-bond donors (Lipinski definition) is 3. The van der Waals surface area contributed by atoms with E-state index in [4.69, 9.17) is 0 Å². The summed E-state index contributed by atoms with van der Waals surface area (Å²) in [6.07, 6.45) is 0. The van der Waals surface area contributed by atoms with Crippen LogP contribution in [0.5, 0.6) is 0 Å². The van der Waals surface area contributed by atoms with Crippen LogP contribution in [0.4, 0.5) is 10.5 Å². The molecule has 0 fully saturated rings. The van der Waals surface area contributed by atoms with Crippen LogP contribution in [-0.4, -0.2) is 34.5 Å². The summed E-state index contributed by atoms with van der Waals surface area (Å²) in [7, 11) is 0.499. The molecule has 0 aromatic heterocycles. The smallest absolute Gasteiger partial charge is 0.319 e. The van der Waals surface area contributed by atoms with Gasteiger partial charge in [0.15, 0.2) is 0 Å². The maximum absolute atomic E-state index is 12.1. The van der Waals surface area contributed by atoms with Gasteiger partial charge in [0.05, 0.1) is 6.54 Å². The minimum Gasteiger partial charge on any atom is -0.358 e. The van der Waals surface area contributed by atoms with Crippen molar-refractivity contribution in [2.45, 2.75) is 31.3 Å². The summed E-state index contributed by atoms with van der Waals surface area (Å²) < 4.78 is 11.9. The predicted molar refractivity (Wildman–Crippen MR) is 89.1 cm³/mol. The lowest BCUT2D eigenvalue weighted by Gasteiger charge is -2.18. The zero-order valence-corrected chi connectivity index (χ0v) is 14.2. The molecule has 0 aliphatic carbocycles. The van der Waals surface area contributed by atoms with Crippen LogP contribution in [0.3, 0.4) is 0 Å². The van der Waals surface area contributed by atoms with E-state index in [1.165, 1.54) is 7.05 Å². The Morgan fingerprint density at radius 2 is 1.91 bits per heavy atom. The predicted octanol–water partition coefficient (Wildman–Crippen LogP) is 1.60. The van der Waals surface area contributed by atoms with E-state index in [0.29, 0.717) is 11.4 Å². The van der Waals surface area contributed by atoms with E-state index in [2.05, 4.69) is 16.0 Å². The number of urea groups is 1. The number of rotatable bonds is 5. The molecule has 0 radical (unpaired) electrons. The standard InChI is InChI=1S/C15H23N3O3S/c1-15(2,3)22(21)10-11-6-5-7-12(8-11)18-14(20)17-9-13(19)16-4/h5-8H,9-10H2,1-4H3,(H,16,19)(H2,17,18,20). The van der Waals surface area contributed by atoms with Gasteiger partial charge in [-0.1, -0.05) is 12.1 Å². The quantitative estimate of drug-likeness (QED) is 0.768. The van der Waals surface area contributed by atoms with Gasteiger partial charge in [-0.3, -0.25) is 9.00 Å². The molecular formula is C15H23N3O3S. The number of amides is 3. The Labute approximate surface area is 133 Å². The lowest BCUT2D eigenvalue weighted by atomic mass is 10.2. The Kier molecular flexibility index (Phi) is 6.55. The largest absolute Gasteiger partial charge is 0.358 e. The molecule has 3 N–H and O–H groups in total. The van der Waals surface area contributed by atoms with Crippen LogP contribution in [0.1, 0.15) is 26.3 Å². The van der Waals surface area contributed by atoms with Crippen LogP contribution in [0.2, 0.25) is 0 Å². The van der Waals surface area contributed by atoms with E-state index in [1.54, 1.807) is 18.2 Å². The van der Waals surface area contributed by atoms with Crippen LogP contribution in [0.15, 0.2) is 24.3 Å². The van der Waals surface area contributed by atoms with Gasteiger partial charge in [-0.2, -0.15) is 0 Å². The van der Waals surface area contributed by atoms with E-state index in [9.17, 15) is 13.8 Å². The van der Waals surface area contributed by atoms with Crippen molar-refractivity contribution >= 4 is 28.4 Å². The topological polar surface area (TPSA) is 87.3 Å². The zero-order chi connectivity index (χ0) is 16.8. The minimum absolute atomic E-state index is 0.0872. The second-order valence-electron chi connectivity index (χ2n) is 5.78. The molecule has 1 rings (SSSR count). The molecule has 22 heavy (non-hydrogen) atoms. The van der Waals surface area contributed by atoms with E-state index in [-0.39, 0.29) is 17.2 Å². The number of carbonyl (C=O) groups excluding carboxylic acids is 2. The van der Waals surface area contributed by atoms with Gasteiger partial charge in [-0.15, -0.1) is 0 Å². The molecule has 1 unspecified atom stereocenters. The molecule has 1 aromatic carbocycles. The van der Waals surface area contributed by atoms with Crippen LogP contribution < -0.4 is 16.0 Å². The van der Waals surface area contributed by atoms with Crippen molar-refractivity contribution in [2.24, 2.45) is 0 Å². The average molecular weight is 325 g/mol. The van der Waals surface area contributed by atoms with E-state index in [0.717, 1.165) is 5.56 Å². The lowest BCUT2D eigenvalue weighted by molar-refractivity contribution is -0.119. The molecule has 1 aromatic rings. The van der Waals surface area contributed by atoms with Gasteiger partial charge in [0, 0.05) is 34.0 Å². The fourth-order valence-electron chi connectivity index (χ4n) is 1.53.